The molecule has 0 aromatic rings. The molecule has 0 atom stereocenters. The molecule has 0 aliphatic heterocycles. The number of carbonyl (C=O) groups is 1. The summed E-state index contributed by atoms with van der Waals surface area (Å²) < 4.78 is 0. The summed E-state index contributed by atoms with van der Waals surface area (Å²) in [5.41, 5.74) is 0. The molecule has 0 rings (SSSR count). The highest BCUT2D eigenvalue weighted by Gasteiger charge is 1.98. The van der Waals surface area contributed by atoms with Gasteiger partial charge in [-0.1, -0.05) is 13.8 Å². The van der Waals surface area contributed by atoms with Gasteiger partial charge >= 0.3 is 6.03 Å². The van der Waals surface area contributed by atoms with Crippen molar-refractivity contribution in [2.75, 3.05) is 19.0 Å². The molecular weight excluding hydrogens is 176 g/mol. The molecular formula is C8H17ClN2O. The first-order valence-electron chi connectivity index (χ1n) is 4.24. The fraction of sp³-hybridized carbons (Fsp3) is 0.875. The van der Waals surface area contributed by atoms with Crippen molar-refractivity contribution >= 4 is 17.6 Å². The lowest BCUT2D eigenvalue weighted by Gasteiger charge is -2.07. The van der Waals surface area contributed by atoms with Gasteiger partial charge in [-0.25, -0.2) is 4.79 Å². The van der Waals surface area contributed by atoms with Crippen LogP contribution in [0.15, 0.2) is 0 Å². The van der Waals surface area contributed by atoms with Crippen LogP contribution in [0.5, 0.6) is 0 Å². The molecule has 3 nitrogen and oxygen atoms in total. The fourth-order valence-corrected chi connectivity index (χ4v) is 0.792. The smallest absolute Gasteiger partial charge is 0.314 e. The van der Waals surface area contributed by atoms with E-state index in [2.05, 4.69) is 24.5 Å². The van der Waals surface area contributed by atoms with Crippen LogP contribution >= 0.6 is 11.6 Å². The van der Waals surface area contributed by atoms with Gasteiger partial charge in [0.05, 0.1) is 0 Å². The molecule has 0 aliphatic carbocycles. The van der Waals surface area contributed by atoms with Crippen LogP contribution in [-0.4, -0.2) is 25.0 Å². The molecule has 0 heterocycles. The lowest BCUT2D eigenvalue weighted by Crippen LogP contribution is -2.37. The number of urea groups is 1. The fourth-order valence-electron chi connectivity index (χ4n) is 0.698. The van der Waals surface area contributed by atoms with Gasteiger partial charge in [0.1, 0.15) is 0 Å². The second-order valence-corrected chi connectivity index (χ2v) is 3.43. The standard InChI is InChI=1S/C8H17ClN2O/c1-7(2)3-5-10-8(12)11-6-4-9/h7H,3-6H2,1-2H3,(H2,10,11,12). The number of hydrogen-bond acceptors (Lipinski definition) is 1. The van der Waals surface area contributed by atoms with Gasteiger partial charge in [-0.2, -0.15) is 0 Å². The second-order valence-electron chi connectivity index (χ2n) is 3.05. The van der Waals surface area contributed by atoms with E-state index in [1.165, 1.54) is 0 Å². The maximum atomic E-state index is 10.9. The Balaban J connectivity index is 3.20. The molecule has 0 fully saturated rings. The number of halogens is 1. The van der Waals surface area contributed by atoms with Crippen molar-refractivity contribution in [1.29, 1.82) is 0 Å². The Kier molecular flexibility index (Phi) is 6.96. The van der Waals surface area contributed by atoms with E-state index in [4.69, 9.17) is 11.6 Å². The molecule has 0 unspecified atom stereocenters. The number of carbonyl (C=O) groups excluding carboxylic acids is 1. The molecule has 0 aliphatic rings. The maximum Gasteiger partial charge on any atom is 0.314 e. The van der Waals surface area contributed by atoms with Crippen LogP contribution in [-0.2, 0) is 0 Å². The normalized spacial score (nSPS) is 10.0. The highest BCUT2D eigenvalue weighted by Crippen LogP contribution is 1.95. The van der Waals surface area contributed by atoms with Gasteiger partial charge in [-0.3, -0.25) is 0 Å². The van der Waals surface area contributed by atoms with Gasteiger partial charge in [0.25, 0.3) is 0 Å². The zero-order valence-corrected chi connectivity index (χ0v) is 8.45. The third-order valence-corrected chi connectivity index (χ3v) is 1.58. The molecule has 4 heteroatoms. The van der Waals surface area contributed by atoms with Gasteiger partial charge in [0.2, 0.25) is 0 Å². The van der Waals surface area contributed by atoms with Crippen LogP contribution < -0.4 is 10.6 Å². The third-order valence-electron chi connectivity index (χ3n) is 1.39. The van der Waals surface area contributed by atoms with Crippen molar-refractivity contribution in [1.82, 2.24) is 10.6 Å². The molecule has 0 bridgehead atoms. The summed E-state index contributed by atoms with van der Waals surface area (Å²) in [5, 5.41) is 5.36. The Morgan fingerprint density at radius 1 is 1.33 bits per heavy atom. The monoisotopic (exact) mass is 192 g/mol. The van der Waals surface area contributed by atoms with E-state index in [1.807, 2.05) is 0 Å². The lowest BCUT2D eigenvalue weighted by molar-refractivity contribution is 0.241. The Bertz CT molecular complexity index is 128. The Hall–Kier alpha value is -0.440. The molecule has 0 saturated heterocycles. The number of hydrogen-bond donors (Lipinski definition) is 2. The summed E-state index contributed by atoms with van der Waals surface area (Å²) in [6.07, 6.45) is 1.01. The largest absolute Gasteiger partial charge is 0.338 e. The third kappa shape index (κ3) is 7.66. The molecule has 0 saturated carbocycles. The van der Waals surface area contributed by atoms with E-state index in [1.54, 1.807) is 0 Å². The summed E-state index contributed by atoms with van der Waals surface area (Å²) in [4.78, 5) is 10.9. The van der Waals surface area contributed by atoms with Crippen molar-refractivity contribution < 1.29 is 4.79 Å². The average Bonchev–Trinajstić information content (AvgIpc) is 2.00. The maximum absolute atomic E-state index is 10.9. The predicted molar refractivity (Wildman–Crippen MR) is 51.6 cm³/mol. The van der Waals surface area contributed by atoms with E-state index < -0.39 is 0 Å². The first-order valence-corrected chi connectivity index (χ1v) is 4.78. The number of amides is 2. The van der Waals surface area contributed by atoms with Crippen LogP contribution in [0.1, 0.15) is 20.3 Å². The number of rotatable bonds is 5. The summed E-state index contributed by atoms with van der Waals surface area (Å²) in [6.45, 7) is 5.50. The van der Waals surface area contributed by atoms with E-state index in [-0.39, 0.29) is 6.03 Å². The number of alkyl halides is 1. The van der Waals surface area contributed by atoms with Crippen LogP contribution in [0, 0.1) is 5.92 Å². The van der Waals surface area contributed by atoms with Crippen LogP contribution in [0.2, 0.25) is 0 Å². The number of nitrogens with one attached hydrogen (secondary N) is 2. The van der Waals surface area contributed by atoms with Crippen LogP contribution in [0.4, 0.5) is 4.79 Å². The Morgan fingerprint density at radius 2 is 1.92 bits per heavy atom. The molecule has 2 N–H and O–H groups in total. The van der Waals surface area contributed by atoms with Gasteiger partial charge in [0, 0.05) is 19.0 Å². The van der Waals surface area contributed by atoms with Crippen molar-refractivity contribution in [3.05, 3.63) is 0 Å². The van der Waals surface area contributed by atoms with Crippen molar-refractivity contribution in [2.24, 2.45) is 5.92 Å². The molecule has 0 aromatic heterocycles. The minimum Gasteiger partial charge on any atom is -0.338 e. The SMILES string of the molecule is CC(C)CCNC(=O)NCCCl. The molecule has 0 aromatic carbocycles. The first-order chi connectivity index (χ1) is 5.66. The minimum absolute atomic E-state index is 0.128. The molecule has 12 heavy (non-hydrogen) atoms. The van der Waals surface area contributed by atoms with E-state index in [0.29, 0.717) is 18.3 Å². The van der Waals surface area contributed by atoms with Crippen molar-refractivity contribution in [3.8, 4) is 0 Å². The van der Waals surface area contributed by atoms with Crippen molar-refractivity contribution in [3.63, 3.8) is 0 Å². The molecule has 0 radical (unpaired) electrons. The highest BCUT2D eigenvalue weighted by atomic mass is 35.5. The average molecular weight is 193 g/mol. The van der Waals surface area contributed by atoms with Crippen molar-refractivity contribution in [2.45, 2.75) is 20.3 Å². The zero-order chi connectivity index (χ0) is 9.40. The van der Waals surface area contributed by atoms with Gasteiger partial charge in [-0.05, 0) is 12.3 Å². The molecule has 2 amide bonds. The Morgan fingerprint density at radius 3 is 2.42 bits per heavy atom. The van der Waals surface area contributed by atoms with E-state index in [0.717, 1.165) is 13.0 Å². The van der Waals surface area contributed by atoms with E-state index >= 15 is 0 Å². The zero-order valence-electron chi connectivity index (χ0n) is 7.69. The van der Waals surface area contributed by atoms with Crippen LogP contribution in [0.25, 0.3) is 0 Å². The molecule has 72 valence electrons. The van der Waals surface area contributed by atoms with Crippen LogP contribution in [0.3, 0.4) is 0 Å². The molecule has 0 spiro atoms. The highest BCUT2D eigenvalue weighted by molar-refractivity contribution is 6.18. The minimum atomic E-state index is -0.128. The van der Waals surface area contributed by atoms with Gasteiger partial charge < -0.3 is 10.6 Å². The summed E-state index contributed by atoms with van der Waals surface area (Å²) in [6, 6.07) is -0.128. The second kappa shape index (κ2) is 7.22. The predicted octanol–water partition coefficient (Wildman–Crippen LogP) is 1.57. The lowest BCUT2D eigenvalue weighted by atomic mass is 10.1. The summed E-state index contributed by atoms with van der Waals surface area (Å²) >= 11 is 5.39. The quantitative estimate of drug-likeness (QED) is 0.638. The summed E-state index contributed by atoms with van der Waals surface area (Å²) in [7, 11) is 0. The van der Waals surface area contributed by atoms with Gasteiger partial charge in [-0.15, -0.1) is 11.6 Å². The first kappa shape index (κ1) is 11.6. The summed E-state index contributed by atoms with van der Waals surface area (Å²) in [5.74, 6) is 1.08. The van der Waals surface area contributed by atoms with Gasteiger partial charge in [0.15, 0.2) is 0 Å². The topological polar surface area (TPSA) is 41.1 Å². The van der Waals surface area contributed by atoms with E-state index in [9.17, 15) is 4.79 Å². The Labute approximate surface area is 78.9 Å².